The van der Waals surface area contributed by atoms with E-state index < -0.39 is 32.9 Å². The fraction of sp³-hybridized carbons (Fsp3) is 0.318. The van der Waals surface area contributed by atoms with Gasteiger partial charge in [0.1, 0.15) is 0 Å². The molecule has 1 aliphatic rings. The molecule has 0 radical (unpaired) electrons. The van der Waals surface area contributed by atoms with E-state index in [1.54, 1.807) is 4.90 Å². The van der Waals surface area contributed by atoms with Crippen LogP contribution >= 0.6 is 0 Å². The second kappa shape index (κ2) is 9.01. The normalized spacial score (nSPS) is 14.0. The van der Waals surface area contributed by atoms with E-state index in [1.807, 2.05) is 0 Å². The number of rotatable bonds is 6. The second-order valence-corrected chi connectivity index (χ2v) is 9.73. The molecule has 0 saturated carbocycles. The van der Waals surface area contributed by atoms with E-state index in [9.17, 15) is 31.6 Å². The van der Waals surface area contributed by atoms with E-state index in [1.165, 1.54) is 23.7 Å². The number of amides is 1. The number of benzene rings is 2. The van der Waals surface area contributed by atoms with Crippen LogP contribution in [-0.2, 0) is 28.4 Å². The van der Waals surface area contributed by atoms with Crippen LogP contribution in [0.2, 0.25) is 0 Å². The van der Waals surface area contributed by atoms with Crippen molar-refractivity contribution >= 4 is 32.5 Å². The zero-order chi connectivity index (χ0) is 24.6. The molecule has 2 aromatic carbocycles. The molecule has 2 heterocycles. The smallest absolute Gasteiger partial charge is 0.331 e. The molecule has 3 aromatic rings. The number of fused-ring (bicyclic) bond motifs is 1. The molecule has 180 valence electrons. The van der Waals surface area contributed by atoms with E-state index >= 15 is 0 Å². The molecule has 0 atom stereocenters. The van der Waals surface area contributed by atoms with Gasteiger partial charge in [-0.2, -0.15) is 0 Å². The van der Waals surface area contributed by atoms with E-state index in [0.717, 1.165) is 35.6 Å². The molecule has 1 aliphatic heterocycles. The number of halogens is 2. The lowest BCUT2D eigenvalue weighted by molar-refractivity contribution is -0.130. The van der Waals surface area contributed by atoms with Crippen molar-refractivity contribution in [1.29, 1.82) is 0 Å². The van der Waals surface area contributed by atoms with Crippen LogP contribution in [0.5, 0.6) is 0 Å². The molecule has 0 bridgehead atoms. The number of anilines is 1. The Bertz CT molecular complexity index is 1510. The maximum atomic E-state index is 13.5. The summed E-state index contributed by atoms with van der Waals surface area (Å²) in [7, 11) is -2.82. The standard InChI is InChI=1S/C22H22F2N4O5S/c1-26-19-7-5-15(34(32,33)25-14-4-6-17(23)18(24)12-14)13-16(19)21(30)28(22(26)31)11-8-20(29)27-9-2-3-10-27/h4-7,12-13,25H,2-3,8-11H2,1H3. The Kier molecular flexibility index (Phi) is 6.26. The molecule has 12 heteroatoms. The molecule has 4 rings (SSSR count). The molecular weight excluding hydrogens is 470 g/mol. The highest BCUT2D eigenvalue weighted by atomic mass is 32.2. The number of carbonyl (C=O) groups excluding carboxylic acids is 1. The molecule has 1 aromatic heterocycles. The molecule has 0 unspecified atom stereocenters. The van der Waals surface area contributed by atoms with Gasteiger partial charge in [-0.25, -0.2) is 22.0 Å². The summed E-state index contributed by atoms with van der Waals surface area (Å²) in [6, 6.07) is 6.17. The highest BCUT2D eigenvalue weighted by Gasteiger charge is 2.21. The fourth-order valence-corrected chi connectivity index (χ4v) is 5.04. The second-order valence-electron chi connectivity index (χ2n) is 8.05. The first-order chi connectivity index (χ1) is 16.1. The van der Waals surface area contributed by atoms with Gasteiger partial charge in [0.05, 0.1) is 21.5 Å². The number of nitrogens with one attached hydrogen (secondary N) is 1. The minimum atomic E-state index is -4.26. The van der Waals surface area contributed by atoms with Gasteiger partial charge in [-0.05, 0) is 43.2 Å². The quantitative estimate of drug-likeness (QED) is 0.564. The summed E-state index contributed by atoms with van der Waals surface area (Å²) in [4.78, 5) is 39.5. The van der Waals surface area contributed by atoms with Crippen LogP contribution in [0.4, 0.5) is 14.5 Å². The molecule has 0 spiro atoms. The van der Waals surface area contributed by atoms with Crippen LogP contribution in [0.15, 0.2) is 50.9 Å². The third kappa shape index (κ3) is 4.45. The predicted molar refractivity (Wildman–Crippen MR) is 121 cm³/mol. The van der Waals surface area contributed by atoms with Gasteiger partial charge in [-0.1, -0.05) is 0 Å². The van der Waals surface area contributed by atoms with Crippen molar-refractivity contribution in [3.8, 4) is 0 Å². The van der Waals surface area contributed by atoms with E-state index in [0.29, 0.717) is 19.2 Å². The molecule has 1 saturated heterocycles. The van der Waals surface area contributed by atoms with Crippen molar-refractivity contribution in [2.45, 2.75) is 30.7 Å². The number of nitrogens with zero attached hydrogens (tertiary/aromatic N) is 3. The molecule has 9 nitrogen and oxygen atoms in total. The van der Waals surface area contributed by atoms with Crippen LogP contribution in [0.25, 0.3) is 10.9 Å². The summed E-state index contributed by atoms with van der Waals surface area (Å²) < 4.78 is 56.4. The molecule has 0 aliphatic carbocycles. The lowest BCUT2D eigenvalue weighted by Crippen LogP contribution is -2.40. The molecule has 1 N–H and O–H groups in total. The van der Waals surface area contributed by atoms with Gasteiger partial charge in [-0.15, -0.1) is 0 Å². The Balaban J connectivity index is 1.69. The highest BCUT2D eigenvalue weighted by Crippen LogP contribution is 2.21. The number of hydrogen-bond acceptors (Lipinski definition) is 5. The first kappa shape index (κ1) is 23.6. The average molecular weight is 493 g/mol. The van der Waals surface area contributed by atoms with Crippen LogP contribution in [0.3, 0.4) is 0 Å². The van der Waals surface area contributed by atoms with Gasteiger partial charge < -0.3 is 4.90 Å². The van der Waals surface area contributed by atoms with Crippen LogP contribution in [0.1, 0.15) is 19.3 Å². The third-order valence-corrected chi connectivity index (χ3v) is 7.19. The number of aryl methyl sites for hydroxylation is 1. The minimum Gasteiger partial charge on any atom is -0.343 e. The Hall–Kier alpha value is -3.54. The van der Waals surface area contributed by atoms with Crippen molar-refractivity contribution in [3.05, 3.63) is 68.9 Å². The zero-order valence-corrected chi connectivity index (χ0v) is 19.1. The van der Waals surface area contributed by atoms with Gasteiger partial charge in [0.15, 0.2) is 11.6 Å². The first-order valence-electron chi connectivity index (χ1n) is 10.6. The summed E-state index contributed by atoms with van der Waals surface area (Å²) in [6.07, 6.45) is 1.80. The Morgan fingerprint density at radius 3 is 2.41 bits per heavy atom. The number of hydrogen-bond donors (Lipinski definition) is 1. The number of sulfonamides is 1. The van der Waals surface area contributed by atoms with E-state index in [2.05, 4.69) is 4.72 Å². The highest BCUT2D eigenvalue weighted by molar-refractivity contribution is 7.92. The minimum absolute atomic E-state index is 0.0314. The van der Waals surface area contributed by atoms with Crippen molar-refractivity contribution in [2.24, 2.45) is 7.05 Å². The van der Waals surface area contributed by atoms with Gasteiger partial charge in [-0.3, -0.25) is 23.4 Å². The van der Waals surface area contributed by atoms with E-state index in [-0.39, 0.29) is 40.4 Å². The Morgan fingerprint density at radius 2 is 1.74 bits per heavy atom. The largest absolute Gasteiger partial charge is 0.343 e. The molecule has 1 fully saturated rings. The maximum absolute atomic E-state index is 13.5. The molecule has 34 heavy (non-hydrogen) atoms. The van der Waals surface area contributed by atoms with Crippen LogP contribution in [-0.4, -0.2) is 41.4 Å². The van der Waals surface area contributed by atoms with Crippen molar-refractivity contribution in [1.82, 2.24) is 14.0 Å². The number of likely N-dealkylation sites (tertiary alicyclic amines) is 1. The zero-order valence-electron chi connectivity index (χ0n) is 18.3. The van der Waals surface area contributed by atoms with Gasteiger partial charge in [0, 0.05) is 39.2 Å². The number of aromatic nitrogens is 2. The molecule has 1 amide bonds. The summed E-state index contributed by atoms with van der Waals surface area (Å²) in [6.45, 7) is 1.16. The lowest BCUT2D eigenvalue weighted by Gasteiger charge is -2.16. The van der Waals surface area contributed by atoms with Gasteiger partial charge in [0.2, 0.25) is 5.91 Å². The van der Waals surface area contributed by atoms with Gasteiger partial charge in [0.25, 0.3) is 15.6 Å². The van der Waals surface area contributed by atoms with Gasteiger partial charge >= 0.3 is 5.69 Å². The van der Waals surface area contributed by atoms with Crippen molar-refractivity contribution < 1.29 is 22.0 Å². The van der Waals surface area contributed by atoms with Crippen molar-refractivity contribution in [2.75, 3.05) is 17.8 Å². The first-order valence-corrected chi connectivity index (χ1v) is 12.1. The lowest BCUT2D eigenvalue weighted by atomic mass is 10.2. The summed E-state index contributed by atoms with van der Waals surface area (Å²) in [5.74, 6) is -2.50. The predicted octanol–water partition coefficient (Wildman–Crippen LogP) is 1.79. The van der Waals surface area contributed by atoms with Crippen LogP contribution < -0.4 is 16.0 Å². The Labute approximate surface area is 193 Å². The maximum Gasteiger partial charge on any atom is 0.331 e. The summed E-state index contributed by atoms with van der Waals surface area (Å²) >= 11 is 0. The number of carbonyl (C=O) groups is 1. The third-order valence-electron chi connectivity index (χ3n) is 5.81. The monoisotopic (exact) mass is 492 g/mol. The topological polar surface area (TPSA) is 110 Å². The van der Waals surface area contributed by atoms with E-state index in [4.69, 9.17) is 0 Å². The summed E-state index contributed by atoms with van der Waals surface area (Å²) in [5.41, 5.74) is -1.33. The summed E-state index contributed by atoms with van der Waals surface area (Å²) in [5, 5.41) is -0.0381. The molecular formula is C22H22F2N4O5S. The average Bonchev–Trinajstić information content (AvgIpc) is 3.34. The fourth-order valence-electron chi connectivity index (χ4n) is 3.97. The van der Waals surface area contributed by atoms with Crippen LogP contribution in [0, 0.1) is 11.6 Å². The van der Waals surface area contributed by atoms with Crippen molar-refractivity contribution in [3.63, 3.8) is 0 Å². The Morgan fingerprint density at radius 1 is 1.03 bits per heavy atom. The SMILES string of the molecule is Cn1c(=O)n(CCC(=O)N2CCCC2)c(=O)c2cc(S(=O)(=O)Nc3ccc(F)c(F)c3)ccc21.